The van der Waals surface area contributed by atoms with Crippen LogP contribution in [0.2, 0.25) is 0 Å². The zero-order chi connectivity index (χ0) is 16.7. The first-order chi connectivity index (χ1) is 11.1. The molecule has 0 bridgehead atoms. The molecule has 1 N–H and O–H groups in total. The molecule has 0 aliphatic heterocycles. The summed E-state index contributed by atoms with van der Waals surface area (Å²) in [6, 6.07) is 17.6. The van der Waals surface area contributed by atoms with Crippen LogP contribution in [-0.2, 0) is 17.9 Å². The first-order valence-electron chi connectivity index (χ1n) is 7.75. The van der Waals surface area contributed by atoms with Gasteiger partial charge >= 0.3 is 0 Å². The largest absolute Gasteiger partial charge is 0.496 e. The molecule has 0 saturated heterocycles. The average Bonchev–Trinajstić information content (AvgIpc) is 2.60. The number of likely N-dealkylation sites (N-methyl/N-ethyl adjacent to an activating group) is 1. The molecule has 122 valence electrons. The molecular formula is C19H24N2O2. The number of para-hydroxylation sites is 1. The van der Waals surface area contributed by atoms with Gasteiger partial charge in [-0.3, -0.25) is 9.69 Å². The minimum atomic E-state index is -0.204. The molecule has 1 amide bonds. The van der Waals surface area contributed by atoms with E-state index in [1.165, 1.54) is 5.56 Å². The normalized spacial score (nSPS) is 12.0. The summed E-state index contributed by atoms with van der Waals surface area (Å²) >= 11 is 0. The highest BCUT2D eigenvalue weighted by molar-refractivity contribution is 5.81. The fourth-order valence-electron chi connectivity index (χ4n) is 2.39. The van der Waals surface area contributed by atoms with Gasteiger partial charge in [0.2, 0.25) is 5.91 Å². The maximum Gasteiger partial charge on any atom is 0.237 e. The van der Waals surface area contributed by atoms with Crippen molar-refractivity contribution in [3.05, 3.63) is 65.7 Å². The van der Waals surface area contributed by atoms with Crippen LogP contribution in [0.5, 0.6) is 5.75 Å². The average molecular weight is 312 g/mol. The van der Waals surface area contributed by atoms with Crippen molar-refractivity contribution in [2.24, 2.45) is 0 Å². The van der Waals surface area contributed by atoms with Crippen LogP contribution < -0.4 is 10.1 Å². The summed E-state index contributed by atoms with van der Waals surface area (Å²) < 4.78 is 5.30. The predicted octanol–water partition coefficient (Wildman–Crippen LogP) is 2.83. The molecular weight excluding hydrogens is 288 g/mol. The minimum Gasteiger partial charge on any atom is -0.496 e. The molecule has 0 aliphatic carbocycles. The van der Waals surface area contributed by atoms with E-state index in [0.29, 0.717) is 6.54 Å². The Labute approximate surface area is 138 Å². The van der Waals surface area contributed by atoms with Crippen LogP contribution in [0.3, 0.4) is 0 Å². The maximum absolute atomic E-state index is 12.4. The molecule has 0 fully saturated rings. The summed E-state index contributed by atoms with van der Waals surface area (Å²) in [4.78, 5) is 14.4. The summed E-state index contributed by atoms with van der Waals surface area (Å²) in [5.41, 5.74) is 2.17. The molecule has 2 aromatic carbocycles. The smallest absolute Gasteiger partial charge is 0.237 e. The number of hydrogen-bond acceptors (Lipinski definition) is 3. The number of hydrogen-bond donors (Lipinski definition) is 1. The molecule has 23 heavy (non-hydrogen) atoms. The number of methoxy groups -OCH3 is 1. The van der Waals surface area contributed by atoms with Gasteiger partial charge in [0.15, 0.2) is 0 Å². The van der Waals surface area contributed by atoms with Crippen LogP contribution in [0.25, 0.3) is 0 Å². The molecule has 0 heterocycles. The lowest BCUT2D eigenvalue weighted by Gasteiger charge is -2.24. The highest BCUT2D eigenvalue weighted by Gasteiger charge is 2.18. The molecule has 4 nitrogen and oxygen atoms in total. The van der Waals surface area contributed by atoms with E-state index in [4.69, 9.17) is 4.74 Å². The lowest BCUT2D eigenvalue weighted by atomic mass is 10.1. The first kappa shape index (κ1) is 17.0. The van der Waals surface area contributed by atoms with Crippen molar-refractivity contribution >= 4 is 5.91 Å². The summed E-state index contributed by atoms with van der Waals surface area (Å²) in [6.07, 6.45) is 0. The predicted molar refractivity (Wildman–Crippen MR) is 92.2 cm³/mol. The van der Waals surface area contributed by atoms with E-state index >= 15 is 0 Å². The van der Waals surface area contributed by atoms with Crippen LogP contribution in [0, 0.1) is 0 Å². The quantitative estimate of drug-likeness (QED) is 0.855. The number of amides is 1. The van der Waals surface area contributed by atoms with Gasteiger partial charge in [-0.25, -0.2) is 0 Å². The zero-order valence-electron chi connectivity index (χ0n) is 14.0. The second-order valence-electron chi connectivity index (χ2n) is 5.61. The summed E-state index contributed by atoms with van der Waals surface area (Å²) in [5, 5.41) is 2.98. The van der Waals surface area contributed by atoms with Crippen molar-refractivity contribution in [2.45, 2.75) is 26.1 Å². The molecule has 0 spiro atoms. The van der Waals surface area contributed by atoms with Gasteiger partial charge in [0, 0.05) is 18.7 Å². The zero-order valence-corrected chi connectivity index (χ0v) is 14.0. The monoisotopic (exact) mass is 312 g/mol. The molecule has 0 aromatic heterocycles. The highest BCUT2D eigenvalue weighted by Crippen LogP contribution is 2.16. The van der Waals surface area contributed by atoms with E-state index in [1.54, 1.807) is 7.11 Å². The third kappa shape index (κ3) is 4.83. The van der Waals surface area contributed by atoms with Crippen molar-refractivity contribution in [3.8, 4) is 5.75 Å². The molecule has 1 atom stereocenters. The number of carbonyl (C=O) groups is 1. The molecule has 1 unspecified atom stereocenters. The van der Waals surface area contributed by atoms with Gasteiger partial charge in [-0.15, -0.1) is 0 Å². The van der Waals surface area contributed by atoms with E-state index in [2.05, 4.69) is 17.4 Å². The third-order valence-electron chi connectivity index (χ3n) is 3.96. The molecule has 2 rings (SSSR count). The maximum atomic E-state index is 12.4. The molecule has 2 aromatic rings. The Hall–Kier alpha value is -2.33. The topological polar surface area (TPSA) is 41.6 Å². The highest BCUT2D eigenvalue weighted by atomic mass is 16.5. The lowest BCUT2D eigenvalue weighted by molar-refractivity contribution is -0.125. The number of carbonyl (C=O) groups excluding carboxylic acids is 1. The Morgan fingerprint density at radius 3 is 2.48 bits per heavy atom. The van der Waals surface area contributed by atoms with Crippen LogP contribution in [0.15, 0.2) is 54.6 Å². The third-order valence-corrected chi connectivity index (χ3v) is 3.96. The molecule has 4 heteroatoms. The molecule has 0 radical (unpaired) electrons. The van der Waals surface area contributed by atoms with E-state index in [1.807, 2.05) is 61.3 Å². The van der Waals surface area contributed by atoms with E-state index in [0.717, 1.165) is 17.9 Å². The first-order valence-corrected chi connectivity index (χ1v) is 7.75. The van der Waals surface area contributed by atoms with Gasteiger partial charge in [0.05, 0.1) is 13.2 Å². The van der Waals surface area contributed by atoms with Gasteiger partial charge in [-0.2, -0.15) is 0 Å². The van der Waals surface area contributed by atoms with Crippen LogP contribution >= 0.6 is 0 Å². The van der Waals surface area contributed by atoms with Crippen LogP contribution in [0.4, 0.5) is 0 Å². The van der Waals surface area contributed by atoms with Crippen molar-refractivity contribution in [1.82, 2.24) is 10.2 Å². The number of rotatable bonds is 7. The standard InChI is InChI=1S/C19H24N2O2/c1-15(21(2)14-16-9-5-4-6-10-16)19(22)20-13-17-11-7-8-12-18(17)23-3/h4-12,15H,13-14H2,1-3H3,(H,20,22). The van der Waals surface area contributed by atoms with Crippen molar-refractivity contribution in [3.63, 3.8) is 0 Å². The summed E-state index contributed by atoms with van der Waals surface area (Å²) in [5.74, 6) is 0.799. The number of nitrogens with one attached hydrogen (secondary N) is 1. The minimum absolute atomic E-state index is 0.00865. The van der Waals surface area contributed by atoms with Crippen molar-refractivity contribution in [1.29, 1.82) is 0 Å². The summed E-state index contributed by atoms with van der Waals surface area (Å²) in [7, 11) is 3.59. The van der Waals surface area contributed by atoms with E-state index in [9.17, 15) is 4.79 Å². The van der Waals surface area contributed by atoms with Crippen molar-refractivity contribution in [2.75, 3.05) is 14.2 Å². The van der Waals surface area contributed by atoms with Gasteiger partial charge in [-0.05, 0) is 25.6 Å². The Balaban J connectivity index is 1.89. The van der Waals surface area contributed by atoms with Crippen LogP contribution in [0.1, 0.15) is 18.1 Å². The van der Waals surface area contributed by atoms with Gasteiger partial charge in [-0.1, -0.05) is 48.5 Å². The van der Waals surface area contributed by atoms with Gasteiger partial charge in [0.1, 0.15) is 5.75 Å². The number of nitrogens with zero attached hydrogens (tertiary/aromatic N) is 1. The second-order valence-corrected chi connectivity index (χ2v) is 5.61. The molecule has 0 saturated carbocycles. The second kappa shape index (κ2) is 8.34. The summed E-state index contributed by atoms with van der Waals surface area (Å²) in [6.45, 7) is 3.12. The van der Waals surface area contributed by atoms with E-state index < -0.39 is 0 Å². The van der Waals surface area contributed by atoms with Crippen molar-refractivity contribution < 1.29 is 9.53 Å². The Morgan fingerprint density at radius 1 is 1.13 bits per heavy atom. The van der Waals surface area contributed by atoms with E-state index in [-0.39, 0.29) is 11.9 Å². The van der Waals surface area contributed by atoms with Gasteiger partial charge < -0.3 is 10.1 Å². The number of ether oxygens (including phenoxy) is 1. The SMILES string of the molecule is COc1ccccc1CNC(=O)C(C)N(C)Cc1ccccc1. The Kier molecular flexibility index (Phi) is 6.18. The number of benzene rings is 2. The van der Waals surface area contributed by atoms with Gasteiger partial charge in [0.25, 0.3) is 0 Å². The lowest BCUT2D eigenvalue weighted by Crippen LogP contribution is -2.42. The Bertz CT molecular complexity index is 628. The fraction of sp³-hybridized carbons (Fsp3) is 0.316. The van der Waals surface area contributed by atoms with Crippen LogP contribution in [-0.4, -0.2) is 31.0 Å². The Morgan fingerprint density at radius 2 is 1.78 bits per heavy atom. The molecule has 0 aliphatic rings. The fourth-order valence-corrected chi connectivity index (χ4v) is 2.39.